The predicted molar refractivity (Wildman–Crippen MR) is 50.4 cm³/mol. The first kappa shape index (κ1) is 8.62. The van der Waals surface area contributed by atoms with Crippen LogP contribution in [0.5, 0.6) is 5.75 Å². The zero-order valence-corrected chi connectivity index (χ0v) is 7.57. The van der Waals surface area contributed by atoms with Gasteiger partial charge in [-0.2, -0.15) is 0 Å². The minimum atomic E-state index is -0.530. The molecule has 0 saturated heterocycles. The Morgan fingerprint density at radius 2 is 2.36 bits per heavy atom. The fourth-order valence-electron chi connectivity index (χ4n) is 1.45. The van der Waals surface area contributed by atoms with Crippen LogP contribution in [0.25, 0.3) is 11.3 Å². The van der Waals surface area contributed by atoms with E-state index in [1.54, 1.807) is 18.3 Å². The molecule has 0 atom stereocenters. The highest BCUT2D eigenvalue weighted by molar-refractivity contribution is 6.01. The van der Waals surface area contributed by atoms with Crippen LogP contribution in [0, 0.1) is 0 Å². The summed E-state index contributed by atoms with van der Waals surface area (Å²) in [5.74, 6) is -0.591. The lowest BCUT2D eigenvalue weighted by molar-refractivity contribution is 0.0599. The topological polar surface area (TPSA) is 62.3 Å². The Bertz CT molecular complexity index is 447. The van der Waals surface area contributed by atoms with Crippen molar-refractivity contribution in [3.05, 3.63) is 30.0 Å². The van der Waals surface area contributed by atoms with Crippen LogP contribution in [0.15, 0.2) is 24.4 Å². The van der Waals surface area contributed by atoms with E-state index in [-0.39, 0.29) is 11.3 Å². The quantitative estimate of drug-likeness (QED) is 0.673. The van der Waals surface area contributed by atoms with E-state index in [4.69, 9.17) is 0 Å². The van der Waals surface area contributed by atoms with E-state index >= 15 is 0 Å². The van der Waals surface area contributed by atoms with Crippen molar-refractivity contribution in [1.29, 1.82) is 0 Å². The number of rotatable bonds is 1. The maximum Gasteiger partial charge on any atom is 0.342 e. The predicted octanol–water partition coefficient (Wildman–Crippen LogP) is 1.61. The third-order valence-corrected chi connectivity index (χ3v) is 2.08. The second kappa shape index (κ2) is 3.06. The molecule has 4 heteroatoms. The minimum Gasteiger partial charge on any atom is -0.507 e. The fourth-order valence-corrected chi connectivity index (χ4v) is 1.45. The number of aromatic nitrogens is 1. The van der Waals surface area contributed by atoms with Gasteiger partial charge in [-0.15, -0.1) is 0 Å². The Labute approximate surface area is 80.5 Å². The standard InChI is InChI=1S/C10H9NO3/c1-14-10(13)9-6-3-2-4-11-7(6)5-8(9)12/h2-5,11-12H,1H3. The molecular weight excluding hydrogens is 182 g/mol. The number of hydrogen-bond acceptors (Lipinski definition) is 3. The molecule has 72 valence electrons. The summed E-state index contributed by atoms with van der Waals surface area (Å²) in [6.07, 6.45) is 1.73. The number of methoxy groups -OCH3 is 1. The molecule has 1 heterocycles. The van der Waals surface area contributed by atoms with Gasteiger partial charge in [0.05, 0.1) is 12.8 Å². The summed E-state index contributed by atoms with van der Waals surface area (Å²) < 4.78 is 4.57. The van der Waals surface area contributed by atoms with Crippen LogP contribution in [-0.2, 0) is 4.74 Å². The van der Waals surface area contributed by atoms with Crippen molar-refractivity contribution < 1.29 is 14.6 Å². The number of carbonyl (C=O) groups excluding carboxylic acids is 1. The number of fused-ring (bicyclic) bond motifs is 1. The Balaban J connectivity index is 2.66. The molecule has 0 unspecified atom stereocenters. The van der Waals surface area contributed by atoms with Gasteiger partial charge >= 0.3 is 5.97 Å². The molecule has 1 aliphatic carbocycles. The lowest BCUT2D eigenvalue weighted by Gasteiger charge is -2.01. The summed E-state index contributed by atoms with van der Waals surface area (Å²) in [5, 5.41) is 9.52. The number of H-pyrrole nitrogens is 1. The molecule has 0 aromatic carbocycles. The van der Waals surface area contributed by atoms with E-state index in [0.717, 1.165) is 0 Å². The van der Waals surface area contributed by atoms with Crippen molar-refractivity contribution in [2.45, 2.75) is 0 Å². The monoisotopic (exact) mass is 191 g/mol. The molecule has 2 aliphatic rings. The van der Waals surface area contributed by atoms with Gasteiger partial charge in [0.1, 0.15) is 11.3 Å². The van der Waals surface area contributed by atoms with Crippen LogP contribution >= 0.6 is 0 Å². The average molecular weight is 191 g/mol. The highest BCUT2D eigenvalue weighted by atomic mass is 16.5. The summed E-state index contributed by atoms with van der Waals surface area (Å²) in [7, 11) is 1.28. The number of aromatic amines is 1. The molecule has 4 nitrogen and oxygen atoms in total. The molecule has 0 spiro atoms. The summed E-state index contributed by atoms with van der Waals surface area (Å²) >= 11 is 0. The van der Waals surface area contributed by atoms with Gasteiger partial charge in [0.25, 0.3) is 0 Å². The van der Waals surface area contributed by atoms with E-state index in [2.05, 4.69) is 9.72 Å². The van der Waals surface area contributed by atoms with Gasteiger partial charge < -0.3 is 14.8 Å². The van der Waals surface area contributed by atoms with Crippen LogP contribution in [0.3, 0.4) is 0 Å². The fraction of sp³-hybridized carbons (Fsp3) is 0.100. The molecule has 2 rings (SSSR count). The molecule has 14 heavy (non-hydrogen) atoms. The Hall–Kier alpha value is -1.97. The van der Waals surface area contributed by atoms with Crippen LogP contribution < -0.4 is 0 Å². The van der Waals surface area contributed by atoms with Crippen molar-refractivity contribution in [2.75, 3.05) is 7.11 Å². The zero-order valence-electron chi connectivity index (χ0n) is 7.57. The number of nitrogens with one attached hydrogen (secondary N) is 1. The highest BCUT2D eigenvalue weighted by Gasteiger charge is 2.21. The van der Waals surface area contributed by atoms with Gasteiger partial charge in [0.2, 0.25) is 0 Å². The third kappa shape index (κ3) is 1.12. The second-order valence-corrected chi connectivity index (χ2v) is 2.89. The number of aromatic hydroxyl groups is 1. The lowest BCUT2D eigenvalue weighted by atomic mass is 10.1. The normalized spacial score (nSPS) is 10.4. The highest BCUT2D eigenvalue weighted by Crippen LogP contribution is 2.34. The van der Waals surface area contributed by atoms with E-state index in [0.29, 0.717) is 11.3 Å². The molecule has 0 aromatic heterocycles. The Kier molecular flexibility index (Phi) is 1.89. The summed E-state index contributed by atoms with van der Waals surface area (Å²) in [6.45, 7) is 0. The van der Waals surface area contributed by atoms with E-state index in [9.17, 15) is 9.90 Å². The number of hydrogen-bond donors (Lipinski definition) is 2. The number of pyridine rings is 1. The number of carbonyl (C=O) groups is 1. The summed E-state index contributed by atoms with van der Waals surface area (Å²) in [6, 6.07) is 5.01. The van der Waals surface area contributed by atoms with Crippen LogP contribution in [0.1, 0.15) is 10.4 Å². The summed E-state index contributed by atoms with van der Waals surface area (Å²) in [5.41, 5.74) is 1.58. The van der Waals surface area contributed by atoms with Gasteiger partial charge in [-0.1, -0.05) is 6.07 Å². The van der Waals surface area contributed by atoms with Crippen molar-refractivity contribution in [3.63, 3.8) is 0 Å². The van der Waals surface area contributed by atoms with Gasteiger partial charge in [-0.05, 0) is 6.07 Å². The molecule has 0 amide bonds. The first-order valence-corrected chi connectivity index (χ1v) is 4.11. The largest absolute Gasteiger partial charge is 0.507 e. The van der Waals surface area contributed by atoms with E-state index < -0.39 is 5.97 Å². The third-order valence-electron chi connectivity index (χ3n) is 2.08. The van der Waals surface area contributed by atoms with Crippen molar-refractivity contribution in [2.24, 2.45) is 0 Å². The van der Waals surface area contributed by atoms with Crippen LogP contribution in [0.4, 0.5) is 0 Å². The molecule has 2 N–H and O–H groups in total. The number of esters is 1. The Morgan fingerprint density at radius 3 is 3.07 bits per heavy atom. The maximum atomic E-state index is 11.3. The molecular formula is C10H9NO3. The van der Waals surface area contributed by atoms with Crippen molar-refractivity contribution in [1.82, 2.24) is 4.98 Å². The second-order valence-electron chi connectivity index (χ2n) is 2.89. The molecule has 0 radical (unpaired) electrons. The zero-order chi connectivity index (χ0) is 10.1. The average Bonchev–Trinajstić information content (AvgIpc) is 2.53. The van der Waals surface area contributed by atoms with Gasteiger partial charge in [-0.3, -0.25) is 0 Å². The Morgan fingerprint density at radius 1 is 1.57 bits per heavy atom. The smallest absolute Gasteiger partial charge is 0.342 e. The van der Waals surface area contributed by atoms with Crippen molar-refractivity contribution in [3.8, 4) is 17.0 Å². The van der Waals surface area contributed by atoms with E-state index in [1.165, 1.54) is 13.2 Å². The van der Waals surface area contributed by atoms with Gasteiger partial charge in [0, 0.05) is 17.8 Å². The molecule has 0 saturated carbocycles. The van der Waals surface area contributed by atoms with Gasteiger partial charge in [-0.25, -0.2) is 4.79 Å². The minimum absolute atomic E-state index is 0.0608. The number of ether oxygens (including phenoxy) is 1. The van der Waals surface area contributed by atoms with E-state index in [1.807, 2.05) is 0 Å². The molecule has 1 aliphatic heterocycles. The van der Waals surface area contributed by atoms with Crippen molar-refractivity contribution >= 4 is 5.97 Å². The first-order chi connectivity index (χ1) is 6.74. The van der Waals surface area contributed by atoms with Crippen LogP contribution in [-0.4, -0.2) is 23.2 Å². The summed E-state index contributed by atoms with van der Waals surface area (Å²) in [4.78, 5) is 14.2. The molecule has 0 aromatic rings. The lowest BCUT2D eigenvalue weighted by Crippen LogP contribution is -2.01. The molecule has 0 bridgehead atoms. The van der Waals surface area contributed by atoms with Gasteiger partial charge in [0.15, 0.2) is 0 Å². The maximum absolute atomic E-state index is 11.3. The molecule has 0 fully saturated rings. The SMILES string of the molecule is COC(=O)c1c(O)cc2[nH]cccc1-2. The first-order valence-electron chi connectivity index (χ1n) is 4.11. The van der Waals surface area contributed by atoms with Crippen LogP contribution in [0.2, 0.25) is 0 Å².